The van der Waals surface area contributed by atoms with Crippen LogP contribution in [-0.2, 0) is 6.54 Å². The predicted octanol–water partition coefficient (Wildman–Crippen LogP) is 3.74. The van der Waals surface area contributed by atoms with Crippen LogP contribution >= 0.6 is 0 Å². The third-order valence-electron chi connectivity index (χ3n) is 3.34. The molecule has 0 aromatic heterocycles. The van der Waals surface area contributed by atoms with E-state index in [1.165, 1.54) is 11.6 Å². The fourth-order valence-electron chi connectivity index (χ4n) is 2.22. The standard InChI is InChI=1S/C16H19FN2/c1-3-19(16-10-5-4-7-12(16)2)11-13-14(17)8-6-9-15(13)18/h4-10H,3,11,18H2,1-2H3. The molecule has 0 radical (unpaired) electrons. The van der Waals surface area contributed by atoms with Crippen molar-refractivity contribution in [2.75, 3.05) is 17.2 Å². The van der Waals surface area contributed by atoms with Crippen LogP contribution < -0.4 is 10.6 Å². The molecule has 0 amide bonds. The molecule has 0 saturated heterocycles. The van der Waals surface area contributed by atoms with Crippen LogP contribution in [-0.4, -0.2) is 6.54 Å². The maximum atomic E-state index is 13.9. The van der Waals surface area contributed by atoms with E-state index < -0.39 is 0 Å². The van der Waals surface area contributed by atoms with Crippen molar-refractivity contribution in [3.05, 3.63) is 59.4 Å². The van der Waals surface area contributed by atoms with Gasteiger partial charge in [-0.1, -0.05) is 24.3 Å². The minimum atomic E-state index is -0.243. The van der Waals surface area contributed by atoms with Crippen molar-refractivity contribution in [1.29, 1.82) is 0 Å². The van der Waals surface area contributed by atoms with Crippen molar-refractivity contribution < 1.29 is 4.39 Å². The highest BCUT2D eigenvalue weighted by Gasteiger charge is 2.12. The van der Waals surface area contributed by atoms with Crippen molar-refractivity contribution in [1.82, 2.24) is 0 Å². The molecule has 0 unspecified atom stereocenters. The Bertz CT molecular complexity index is 546. The molecule has 100 valence electrons. The highest BCUT2D eigenvalue weighted by Crippen LogP contribution is 2.24. The van der Waals surface area contributed by atoms with Gasteiger partial charge in [-0.15, -0.1) is 0 Å². The summed E-state index contributed by atoms with van der Waals surface area (Å²) in [4.78, 5) is 2.13. The quantitative estimate of drug-likeness (QED) is 0.846. The van der Waals surface area contributed by atoms with Crippen LogP contribution in [0.4, 0.5) is 15.8 Å². The highest BCUT2D eigenvalue weighted by atomic mass is 19.1. The average molecular weight is 258 g/mol. The zero-order valence-corrected chi connectivity index (χ0v) is 11.4. The summed E-state index contributed by atoms with van der Waals surface area (Å²) in [5.74, 6) is -0.243. The van der Waals surface area contributed by atoms with E-state index in [-0.39, 0.29) is 5.82 Å². The van der Waals surface area contributed by atoms with Crippen LogP contribution in [0.25, 0.3) is 0 Å². The van der Waals surface area contributed by atoms with E-state index in [9.17, 15) is 4.39 Å². The number of halogens is 1. The van der Waals surface area contributed by atoms with Gasteiger partial charge >= 0.3 is 0 Å². The first-order chi connectivity index (χ1) is 9.13. The predicted molar refractivity (Wildman–Crippen MR) is 78.7 cm³/mol. The van der Waals surface area contributed by atoms with Gasteiger partial charge in [0.1, 0.15) is 5.82 Å². The molecule has 0 fully saturated rings. The maximum Gasteiger partial charge on any atom is 0.130 e. The first-order valence-electron chi connectivity index (χ1n) is 6.47. The van der Waals surface area contributed by atoms with E-state index in [1.807, 2.05) is 12.1 Å². The van der Waals surface area contributed by atoms with E-state index >= 15 is 0 Å². The van der Waals surface area contributed by atoms with Crippen molar-refractivity contribution in [2.45, 2.75) is 20.4 Å². The van der Waals surface area contributed by atoms with Gasteiger partial charge in [-0.05, 0) is 37.6 Å². The van der Waals surface area contributed by atoms with E-state index in [2.05, 4.69) is 30.9 Å². The molecule has 3 heteroatoms. The summed E-state index contributed by atoms with van der Waals surface area (Å²) in [5, 5.41) is 0. The van der Waals surface area contributed by atoms with Gasteiger partial charge in [-0.3, -0.25) is 0 Å². The van der Waals surface area contributed by atoms with Crippen LogP contribution in [0.15, 0.2) is 42.5 Å². The van der Waals surface area contributed by atoms with Crippen LogP contribution in [0, 0.1) is 12.7 Å². The second-order valence-corrected chi connectivity index (χ2v) is 4.61. The summed E-state index contributed by atoms with van der Waals surface area (Å²) in [7, 11) is 0. The molecule has 2 nitrogen and oxygen atoms in total. The number of benzene rings is 2. The largest absolute Gasteiger partial charge is 0.398 e. The molecule has 2 aromatic rings. The van der Waals surface area contributed by atoms with Gasteiger partial charge in [0, 0.05) is 30.0 Å². The first kappa shape index (κ1) is 13.4. The molecule has 0 aliphatic rings. The van der Waals surface area contributed by atoms with E-state index in [4.69, 9.17) is 5.73 Å². The zero-order valence-electron chi connectivity index (χ0n) is 11.4. The lowest BCUT2D eigenvalue weighted by Gasteiger charge is -2.25. The molecule has 19 heavy (non-hydrogen) atoms. The number of nitrogens with zero attached hydrogens (tertiary/aromatic N) is 1. The summed E-state index contributed by atoms with van der Waals surface area (Å²) >= 11 is 0. The zero-order chi connectivity index (χ0) is 13.8. The van der Waals surface area contributed by atoms with Crippen molar-refractivity contribution in [3.8, 4) is 0 Å². The molecule has 0 saturated carbocycles. The molecular weight excluding hydrogens is 239 g/mol. The molecule has 0 bridgehead atoms. The third-order valence-corrected chi connectivity index (χ3v) is 3.34. The molecule has 0 heterocycles. The molecule has 2 rings (SSSR count). The molecule has 0 atom stereocenters. The summed E-state index contributed by atoms with van der Waals surface area (Å²) < 4.78 is 13.9. The van der Waals surface area contributed by atoms with Crippen LogP contribution in [0.3, 0.4) is 0 Å². The minimum Gasteiger partial charge on any atom is -0.398 e. The second kappa shape index (κ2) is 5.74. The summed E-state index contributed by atoms with van der Waals surface area (Å²) in [6.45, 7) is 5.41. The lowest BCUT2D eigenvalue weighted by Crippen LogP contribution is -2.24. The van der Waals surface area contributed by atoms with Crippen LogP contribution in [0.5, 0.6) is 0 Å². The number of rotatable bonds is 4. The number of nitrogen functional groups attached to an aromatic ring is 1. The van der Waals surface area contributed by atoms with Crippen molar-refractivity contribution in [2.24, 2.45) is 0 Å². The van der Waals surface area contributed by atoms with E-state index in [0.29, 0.717) is 17.8 Å². The monoisotopic (exact) mass is 258 g/mol. The fourth-order valence-corrected chi connectivity index (χ4v) is 2.22. The lowest BCUT2D eigenvalue weighted by molar-refractivity contribution is 0.606. The Hall–Kier alpha value is -2.03. The number of nitrogens with two attached hydrogens (primary N) is 1. The Balaban J connectivity index is 2.32. The van der Waals surface area contributed by atoms with Crippen LogP contribution in [0.2, 0.25) is 0 Å². The minimum absolute atomic E-state index is 0.243. The molecule has 0 spiro atoms. The Morgan fingerprint density at radius 2 is 1.84 bits per heavy atom. The summed E-state index contributed by atoms with van der Waals surface area (Å²) in [5.41, 5.74) is 9.24. The smallest absolute Gasteiger partial charge is 0.130 e. The molecule has 2 aromatic carbocycles. The molecule has 2 N–H and O–H groups in total. The van der Waals surface area contributed by atoms with Gasteiger partial charge in [0.25, 0.3) is 0 Å². The van der Waals surface area contributed by atoms with Crippen molar-refractivity contribution >= 4 is 11.4 Å². The highest BCUT2D eigenvalue weighted by molar-refractivity contribution is 5.56. The fraction of sp³-hybridized carbons (Fsp3) is 0.250. The second-order valence-electron chi connectivity index (χ2n) is 4.61. The normalized spacial score (nSPS) is 10.5. The van der Waals surface area contributed by atoms with E-state index in [1.54, 1.807) is 12.1 Å². The number of hydrogen-bond donors (Lipinski definition) is 1. The Morgan fingerprint density at radius 1 is 1.11 bits per heavy atom. The third kappa shape index (κ3) is 2.87. The number of anilines is 2. The van der Waals surface area contributed by atoms with Gasteiger partial charge in [0.05, 0.1) is 0 Å². The maximum absolute atomic E-state index is 13.9. The molecular formula is C16H19FN2. The number of aryl methyl sites for hydroxylation is 1. The van der Waals surface area contributed by atoms with Crippen molar-refractivity contribution in [3.63, 3.8) is 0 Å². The summed E-state index contributed by atoms with van der Waals surface area (Å²) in [6.07, 6.45) is 0. The van der Waals surface area contributed by atoms with Gasteiger partial charge in [0.2, 0.25) is 0 Å². The van der Waals surface area contributed by atoms with Crippen LogP contribution in [0.1, 0.15) is 18.1 Å². The van der Waals surface area contributed by atoms with Gasteiger partial charge in [-0.25, -0.2) is 4.39 Å². The topological polar surface area (TPSA) is 29.3 Å². The van der Waals surface area contributed by atoms with Gasteiger partial charge in [0.15, 0.2) is 0 Å². The summed E-state index contributed by atoms with van der Waals surface area (Å²) in [6, 6.07) is 12.9. The average Bonchev–Trinajstić information content (AvgIpc) is 2.40. The van der Waals surface area contributed by atoms with Gasteiger partial charge < -0.3 is 10.6 Å². The molecule has 0 aliphatic carbocycles. The Morgan fingerprint density at radius 3 is 2.47 bits per heavy atom. The SMILES string of the molecule is CCN(Cc1c(N)cccc1F)c1ccccc1C. The molecule has 0 aliphatic heterocycles. The number of hydrogen-bond acceptors (Lipinski definition) is 2. The Labute approximate surface area is 113 Å². The lowest BCUT2D eigenvalue weighted by atomic mass is 10.1. The van der Waals surface area contributed by atoms with E-state index in [0.717, 1.165) is 12.2 Å². The van der Waals surface area contributed by atoms with Gasteiger partial charge in [-0.2, -0.15) is 0 Å². The Kier molecular flexibility index (Phi) is 4.05. The first-order valence-corrected chi connectivity index (χ1v) is 6.47. The number of para-hydroxylation sites is 1.